The fourth-order valence-electron chi connectivity index (χ4n) is 3.07. The summed E-state index contributed by atoms with van der Waals surface area (Å²) in [6.07, 6.45) is 5.47. The van der Waals surface area contributed by atoms with E-state index in [-0.39, 0.29) is 23.9 Å². The first-order valence-corrected chi connectivity index (χ1v) is 9.36. The first-order valence-electron chi connectivity index (χ1n) is 8.56. The highest BCUT2D eigenvalue weighted by molar-refractivity contribution is 9.10. The number of hydrogen-bond donors (Lipinski definition) is 2. The van der Waals surface area contributed by atoms with Crippen molar-refractivity contribution in [2.45, 2.75) is 25.7 Å². The Labute approximate surface area is 159 Å². The van der Waals surface area contributed by atoms with E-state index in [1.807, 2.05) is 0 Å². The van der Waals surface area contributed by atoms with Gasteiger partial charge < -0.3 is 15.3 Å². The average molecular weight is 422 g/mol. The largest absolute Gasteiger partial charge is 0.507 e. The van der Waals surface area contributed by atoms with E-state index in [0.29, 0.717) is 18.7 Å². The van der Waals surface area contributed by atoms with Crippen molar-refractivity contribution in [1.82, 2.24) is 15.1 Å². The first-order chi connectivity index (χ1) is 12.5. The Kier molecular flexibility index (Phi) is 5.61. The average Bonchev–Trinajstić information content (AvgIpc) is 2.82. The molecule has 0 aliphatic carbocycles. The normalized spacial score (nSPS) is 19.7. The van der Waals surface area contributed by atoms with Gasteiger partial charge in [0.25, 0.3) is 5.91 Å². The number of phenols is 1. The van der Waals surface area contributed by atoms with Gasteiger partial charge in [0, 0.05) is 23.1 Å². The molecule has 2 aliphatic rings. The Morgan fingerprint density at radius 2 is 1.88 bits per heavy atom. The monoisotopic (exact) mass is 421 g/mol. The summed E-state index contributed by atoms with van der Waals surface area (Å²) in [6, 6.07) is 4.16. The highest BCUT2D eigenvalue weighted by Crippen LogP contribution is 2.25. The van der Waals surface area contributed by atoms with Gasteiger partial charge in [-0.2, -0.15) is 0 Å². The minimum Gasteiger partial charge on any atom is -0.507 e. The predicted octanol–water partition coefficient (Wildman–Crippen LogP) is 2.45. The summed E-state index contributed by atoms with van der Waals surface area (Å²) in [6.45, 7) is 1.06. The zero-order chi connectivity index (χ0) is 18.7. The minimum atomic E-state index is -0.626. The number of carbonyl (C=O) groups is 3. The number of benzene rings is 1. The molecule has 138 valence electrons. The zero-order valence-corrected chi connectivity index (χ0v) is 15.8. The van der Waals surface area contributed by atoms with Crippen LogP contribution in [0.3, 0.4) is 0 Å². The third-order valence-electron chi connectivity index (χ3n) is 4.50. The lowest BCUT2D eigenvalue weighted by Gasteiger charge is -2.22. The fourth-order valence-corrected chi connectivity index (χ4v) is 3.45. The highest BCUT2D eigenvalue weighted by Gasteiger charge is 2.36. The van der Waals surface area contributed by atoms with Gasteiger partial charge in [0.2, 0.25) is 5.91 Å². The standard InChI is InChI=1S/C18H20BrN3O4/c19-13-5-6-15(23)12(9-13)10-14-17(25)22(18(26)20-14)11-16(24)21-7-3-1-2-4-8-21/h5-6,9-10,23H,1-4,7-8,11H2,(H,20,26)/b14-10-. The van der Waals surface area contributed by atoms with Crippen molar-refractivity contribution in [3.63, 3.8) is 0 Å². The summed E-state index contributed by atoms with van der Waals surface area (Å²) < 4.78 is 0.729. The van der Waals surface area contributed by atoms with Crippen LogP contribution in [0.5, 0.6) is 5.75 Å². The SMILES string of the molecule is O=C(CN1C(=O)N/C(=C\c2cc(Br)ccc2O)C1=O)N1CCCCCC1. The number of nitrogens with zero attached hydrogens (tertiary/aromatic N) is 2. The van der Waals surface area contributed by atoms with Crippen LogP contribution in [0, 0.1) is 0 Å². The van der Waals surface area contributed by atoms with Crippen LogP contribution in [-0.2, 0) is 9.59 Å². The number of halogens is 1. The second-order valence-corrected chi connectivity index (χ2v) is 7.29. The van der Waals surface area contributed by atoms with Gasteiger partial charge in [0.15, 0.2) is 0 Å². The smallest absolute Gasteiger partial charge is 0.329 e. The Bertz CT molecular complexity index is 770. The van der Waals surface area contributed by atoms with Crippen molar-refractivity contribution in [2.75, 3.05) is 19.6 Å². The van der Waals surface area contributed by atoms with E-state index in [4.69, 9.17) is 0 Å². The van der Waals surface area contributed by atoms with Crippen LogP contribution in [0.4, 0.5) is 4.79 Å². The number of urea groups is 1. The van der Waals surface area contributed by atoms with Crippen LogP contribution in [0.2, 0.25) is 0 Å². The van der Waals surface area contributed by atoms with Crippen molar-refractivity contribution in [3.05, 3.63) is 33.9 Å². The molecule has 0 atom stereocenters. The van der Waals surface area contributed by atoms with E-state index in [1.165, 1.54) is 12.1 Å². The molecular weight excluding hydrogens is 402 g/mol. The molecule has 8 heteroatoms. The van der Waals surface area contributed by atoms with E-state index in [9.17, 15) is 19.5 Å². The van der Waals surface area contributed by atoms with E-state index in [1.54, 1.807) is 17.0 Å². The number of hydrogen-bond acceptors (Lipinski definition) is 4. The van der Waals surface area contributed by atoms with Gasteiger partial charge >= 0.3 is 6.03 Å². The lowest BCUT2D eigenvalue weighted by atomic mass is 10.1. The molecule has 2 N–H and O–H groups in total. The summed E-state index contributed by atoms with van der Waals surface area (Å²) in [5.74, 6) is -0.804. The topological polar surface area (TPSA) is 90.0 Å². The van der Waals surface area contributed by atoms with Gasteiger partial charge in [-0.25, -0.2) is 9.69 Å². The molecule has 2 fully saturated rings. The number of amides is 4. The second-order valence-electron chi connectivity index (χ2n) is 6.38. The lowest BCUT2D eigenvalue weighted by Crippen LogP contribution is -2.43. The van der Waals surface area contributed by atoms with Crippen molar-refractivity contribution in [3.8, 4) is 5.75 Å². The molecule has 0 radical (unpaired) electrons. The van der Waals surface area contributed by atoms with Crippen LogP contribution < -0.4 is 5.32 Å². The van der Waals surface area contributed by atoms with Crippen LogP contribution in [-0.4, -0.2) is 52.4 Å². The number of rotatable bonds is 3. The molecule has 2 aliphatic heterocycles. The number of imide groups is 1. The fraction of sp³-hybridized carbons (Fsp3) is 0.389. The van der Waals surface area contributed by atoms with Gasteiger partial charge in [0.1, 0.15) is 18.0 Å². The molecule has 7 nitrogen and oxygen atoms in total. The van der Waals surface area contributed by atoms with Gasteiger partial charge in [-0.3, -0.25) is 9.59 Å². The number of nitrogens with one attached hydrogen (secondary N) is 1. The lowest BCUT2D eigenvalue weighted by molar-refractivity contribution is -0.135. The van der Waals surface area contributed by atoms with Crippen LogP contribution in [0.1, 0.15) is 31.2 Å². The van der Waals surface area contributed by atoms with Crippen molar-refractivity contribution >= 4 is 39.9 Å². The van der Waals surface area contributed by atoms with Crippen LogP contribution >= 0.6 is 15.9 Å². The molecule has 0 saturated carbocycles. The Hall–Kier alpha value is -2.35. The van der Waals surface area contributed by atoms with Crippen molar-refractivity contribution in [2.24, 2.45) is 0 Å². The Morgan fingerprint density at radius 1 is 1.19 bits per heavy atom. The predicted molar refractivity (Wildman–Crippen MR) is 99.1 cm³/mol. The maximum absolute atomic E-state index is 12.5. The molecule has 2 saturated heterocycles. The van der Waals surface area contributed by atoms with Gasteiger partial charge in [0.05, 0.1) is 0 Å². The Balaban J connectivity index is 1.73. The molecule has 1 aromatic carbocycles. The quantitative estimate of drug-likeness (QED) is 0.579. The molecular formula is C18H20BrN3O4. The molecule has 0 bridgehead atoms. The molecule has 1 aromatic rings. The molecule has 4 amide bonds. The number of phenolic OH excluding ortho intramolecular Hbond substituents is 1. The van der Waals surface area contributed by atoms with E-state index in [0.717, 1.165) is 35.1 Å². The summed E-state index contributed by atoms with van der Waals surface area (Å²) in [4.78, 5) is 39.7. The maximum atomic E-state index is 12.5. The molecule has 26 heavy (non-hydrogen) atoms. The van der Waals surface area contributed by atoms with Gasteiger partial charge in [-0.05, 0) is 37.1 Å². The summed E-state index contributed by atoms with van der Waals surface area (Å²) >= 11 is 3.29. The highest BCUT2D eigenvalue weighted by atomic mass is 79.9. The molecule has 0 unspecified atom stereocenters. The maximum Gasteiger partial charge on any atom is 0.329 e. The first kappa shape index (κ1) is 18.4. The third-order valence-corrected chi connectivity index (χ3v) is 5.00. The van der Waals surface area contributed by atoms with E-state index < -0.39 is 11.9 Å². The molecule has 0 aromatic heterocycles. The molecule has 2 heterocycles. The molecule has 3 rings (SSSR count). The van der Waals surface area contributed by atoms with Crippen LogP contribution in [0.15, 0.2) is 28.4 Å². The molecule has 0 spiro atoms. The van der Waals surface area contributed by atoms with Crippen molar-refractivity contribution < 1.29 is 19.5 Å². The second kappa shape index (κ2) is 7.90. The Morgan fingerprint density at radius 3 is 2.58 bits per heavy atom. The summed E-state index contributed by atoms with van der Waals surface area (Å²) in [5.41, 5.74) is 0.427. The van der Waals surface area contributed by atoms with E-state index in [2.05, 4.69) is 21.2 Å². The van der Waals surface area contributed by atoms with Crippen molar-refractivity contribution in [1.29, 1.82) is 0 Å². The van der Waals surface area contributed by atoms with E-state index >= 15 is 0 Å². The van der Waals surface area contributed by atoms with Gasteiger partial charge in [-0.15, -0.1) is 0 Å². The number of aromatic hydroxyl groups is 1. The zero-order valence-electron chi connectivity index (χ0n) is 14.2. The third kappa shape index (κ3) is 4.07. The summed E-state index contributed by atoms with van der Waals surface area (Å²) in [5, 5.41) is 12.4. The van der Waals surface area contributed by atoms with Crippen LogP contribution in [0.25, 0.3) is 6.08 Å². The minimum absolute atomic E-state index is 0.0122. The number of carbonyl (C=O) groups excluding carboxylic acids is 3. The van der Waals surface area contributed by atoms with Gasteiger partial charge in [-0.1, -0.05) is 28.8 Å². The number of likely N-dealkylation sites (tertiary alicyclic amines) is 1. The summed E-state index contributed by atoms with van der Waals surface area (Å²) in [7, 11) is 0.